The fourth-order valence-corrected chi connectivity index (χ4v) is 1.73. The lowest BCUT2D eigenvalue weighted by atomic mass is 9.99. The summed E-state index contributed by atoms with van der Waals surface area (Å²) < 4.78 is 5.57. The van der Waals surface area contributed by atoms with Crippen molar-refractivity contribution in [3.05, 3.63) is 0 Å². The molecule has 0 amide bonds. The number of nitrogens with one attached hydrogen (secondary N) is 1. The summed E-state index contributed by atoms with van der Waals surface area (Å²) >= 11 is 0. The van der Waals surface area contributed by atoms with Gasteiger partial charge in [-0.2, -0.15) is 0 Å². The Morgan fingerprint density at radius 1 is 1.43 bits per heavy atom. The maximum absolute atomic E-state index is 9.96. The number of hydrogen-bond acceptors (Lipinski definition) is 3. The highest BCUT2D eigenvalue weighted by Gasteiger charge is 2.23. The molecule has 0 radical (unpaired) electrons. The van der Waals surface area contributed by atoms with Gasteiger partial charge in [0.2, 0.25) is 0 Å². The van der Waals surface area contributed by atoms with Crippen LogP contribution in [0.2, 0.25) is 0 Å². The number of hydrogen-bond donors (Lipinski definition) is 2. The lowest BCUT2D eigenvalue weighted by Crippen LogP contribution is -2.33. The summed E-state index contributed by atoms with van der Waals surface area (Å²) in [7, 11) is 0. The normalized spacial score (nSPS) is 22.9. The van der Waals surface area contributed by atoms with Crippen molar-refractivity contribution in [2.75, 3.05) is 26.3 Å². The summed E-state index contributed by atoms with van der Waals surface area (Å²) in [6, 6.07) is 0. The molecule has 3 nitrogen and oxygen atoms in total. The van der Waals surface area contributed by atoms with Gasteiger partial charge in [-0.05, 0) is 31.7 Å². The van der Waals surface area contributed by atoms with E-state index < -0.39 is 5.60 Å². The van der Waals surface area contributed by atoms with Crippen molar-refractivity contribution in [1.29, 1.82) is 0 Å². The van der Waals surface area contributed by atoms with Crippen LogP contribution in [0.15, 0.2) is 0 Å². The van der Waals surface area contributed by atoms with Crippen LogP contribution in [-0.4, -0.2) is 37.0 Å². The van der Waals surface area contributed by atoms with Crippen LogP contribution in [0.1, 0.15) is 33.1 Å². The van der Waals surface area contributed by atoms with E-state index in [1.54, 1.807) is 0 Å². The quantitative estimate of drug-likeness (QED) is 0.677. The van der Waals surface area contributed by atoms with E-state index in [4.69, 9.17) is 4.74 Å². The SMILES string of the molecule is CCC(O)(CC)COCC1CCNC1. The molecule has 84 valence electrons. The van der Waals surface area contributed by atoms with Gasteiger partial charge in [0.25, 0.3) is 0 Å². The zero-order chi connectivity index (χ0) is 10.4. The number of aliphatic hydroxyl groups is 1. The van der Waals surface area contributed by atoms with Crippen molar-refractivity contribution in [1.82, 2.24) is 5.32 Å². The Hall–Kier alpha value is -0.120. The fraction of sp³-hybridized carbons (Fsp3) is 1.00. The third-order valence-corrected chi connectivity index (χ3v) is 3.20. The standard InChI is InChI=1S/C11H23NO2/c1-3-11(13,4-2)9-14-8-10-5-6-12-7-10/h10,12-13H,3-9H2,1-2H3. The Labute approximate surface area is 86.8 Å². The minimum Gasteiger partial charge on any atom is -0.388 e. The second-order valence-electron chi connectivity index (χ2n) is 4.31. The molecule has 2 N–H and O–H groups in total. The smallest absolute Gasteiger partial charge is 0.0874 e. The van der Waals surface area contributed by atoms with Crippen molar-refractivity contribution in [3.63, 3.8) is 0 Å². The van der Waals surface area contributed by atoms with Gasteiger partial charge in [-0.1, -0.05) is 13.8 Å². The minimum absolute atomic E-state index is 0.483. The highest BCUT2D eigenvalue weighted by Crippen LogP contribution is 2.16. The van der Waals surface area contributed by atoms with E-state index in [0.29, 0.717) is 12.5 Å². The molecule has 0 bridgehead atoms. The molecule has 1 fully saturated rings. The fourth-order valence-electron chi connectivity index (χ4n) is 1.73. The Morgan fingerprint density at radius 3 is 2.64 bits per heavy atom. The second kappa shape index (κ2) is 5.69. The average Bonchev–Trinajstić information content (AvgIpc) is 2.70. The first kappa shape index (κ1) is 12.0. The first-order chi connectivity index (χ1) is 6.70. The molecule has 3 heteroatoms. The summed E-state index contributed by atoms with van der Waals surface area (Å²) in [6.07, 6.45) is 2.75. The van der Waals surface area contributed by atoms with Gasteiger partial charge < -0.3 is 15.2 Å². The van der Waals surface area contributed by atoms with Crippen LogP contribution < -0.4 is 5.32 Å². The monoisotopic (exact) mass is 201 g/mol. The van der Waals surface area contributed by atoms with Gasteiger partial charge in [-0.3, -0.25) is 0 Å². The largest absolute Gasteiger partial charge is 0.388 e. The average molecular weight is 201 g/mol. The molecule has 0 spiro atoms. The summed E-state index contributed by atoms with van der Waals surface area (Å²) in [5, 5.41) is 13.3. The van der Waals surface area contributed by atoms with E-state index in [0.717, 1.165) is 32.5 Å². The van der Waals surface area contributed by atoms with Crippen LogP contribution in [0.25, 0.3) is 0 Å². The van der Waals surface area contributed by atoms with Crippen LogP contribution in [0.5, 0.6) is 0 Å². The lowest BCUT2D eigenvalue weighted by molar-refractivity contribution is -0.0572. The van der Waals surface area contributed by atoms with Crippen LogP contribution in [0, 0.1) is 5.92 Å². The predicted molar refractivity (Wildman–Crippen MR) is 57.3 cm³/mol. The zero-order valence-corrected chi connectivity index (χ0v) is 9.38. The molecule has 1 aliphatic heterocycles. The van der Waals surface area contributed by atoms with E-state index >= 15 is 0 Å². The van der Waals surface area contributed by atoms with Crippen molar-refractivity contribution in [2.24, 2.45) is 5.92 Å². The highest BCUT2D eigenvalue weighted by atomic mass is 16.5. The third kappa shape index (κ3) is 3.56. The molecule has 0 aromatic rings. The maximum atomic E-state index is 9.96. The van der Waals surface area contributed by atoms with Crippen LogP contribution in [0.4, 0.5) is 0 Å². The Bertz CT molecular complexity index is 151. The molecule has 0 aromatic carbocycles. The molecule has 1 atom stereocenters. The highest BCUT2D eigenvalue weighted by molar-refractivity contribution is 4.75. The lowest BCUT2D eigenvalue weighted by Gasteiger charge is -2.25. The van der Waals surface area contributed by atoms with Gasteiger partial charge in [-0.15, -0.1) is 0 Å². The third-order valence-electron chi connectivity index (χ3n) is 3.20. The first-order valence-electron chi connectivity index (χ1n) is 5.71. The molecule has 0 aliphatic carbocycles. The predicted octanol–water partition coefficient (Wildman–Crippen LogP) is 1.16. The van der Waals surface area contributed by atoms with Crippen LogP contribution in [-0.2, 0) is 4.74 Å². The van der Waals surface area contributed by atoms with Gasteiger partial charge in [0.15, 0.2) is 0 Å². The van der Waals surface area contributed by atoms with Gasteiger partial charge in [0.05, 0.1) is 18.8 Å². The molecule has 14 heavy (non-hydrogen) atoms. The summed E-state index contributed by atoms with van der Waals surface area (Å²) in [6.45, 7) is 7.45. The molecule has 1 aliphatic rings. The van der Waals surface area contributed by atoms with Crippen molar-refractivity contribution >= 4 is 0 Å². The van der Waals surface area contributed by atoms with E-state index in [-0.39, 0.29) is 0 Å². The second-order valence-corrected chi connectivity index (χ2v) is 4.31. The minimum atomic E-state index is -0.605. The van der Waals surface area contributed by atoms with Gasteiger partial charge in [-0.25, -0.2) is 0 Å². The molecule has 0 aromatic heterocycles. The molecule has 1 heterocycles. The van der Waals surface area contributed by atoms with Crippen LogP contribution in [0.3, 0.4) is 0 Å². The van der Waals surface area contributed by atoms with Crippen molar-refractivity contribution < 1.29 is 9.84 Å². The van der Waals surface area contributed by atoms with Crippen molar-refractivity contribution in [3.8, 4) is 0 Å². The van der Waals surface area contributed by atoms with E-state index in [1.165, 1.54) is 6.42 Å². The number of ether oxygens (including phenoxy) is 1. The Morgan fingerprint density at radius 2 is 2.14 bits per heavy atom. The van der Waals surface area contributed by atoms with Crippen molar-refractivity contribution in [2.45, 2.75) is 38.7 Å². The van der Waals surface area contributed by atoms with E-state index in [1.807, 2.05) is 13.8 Å². The van der Waals surface area contributed by atoms with Crippen LogP contribution >= 0.6 is 0 Å². The van der Waals surface area contributed by atoms with Gasteiger partial charge in [0.1, 0.15) is 0 Å². The summed E-state index contributed by atoms with van der Waals surface area (Å²) in [5.74, 6) is 0.646. The van der Waals surface area contributed by atoms with Gasteiger partial charge >= 0.3 is 0 Å². The van der Waals surface area contributed by atoms with E-state index in [2.05, 4.69) is 5.32 Å². The molecule has 0 saturated carbocycles. The molecular weight excluding hydrogens is 178 g/mol. The molecule has 1 unspecified atom stereocenters. The van der Waals surface area contributed by atoms with E-state index in [9.17, 15) is 5.11 Å². The zero-order valence-electron chi connectivity index (χ0n) is 9.38. The Balaban J connectivity index is 2.12. The summed E-state index contributed by atoms with van der Waals surface area (Å²) in [4.78, 5) is 0. The maximum Gasteiger partial charge on any atom is 0.0874 e. The molecule has 1 rings (SSSR count). The topological polar surface area (TPSA) is 41.5 Å². The summed E-state index contributed by atoms with van der Waals surface area (Å²) in [5.41, 5.74) is -0.605. The molecular formula is C11H23NO2. The Kier molecular flexibility index (Phi) is 4.85. The molecule has 1 saturated heterocycles. The first-order valence-corrected chi connectivity index (χ1v) is 5.71. The van der Waals surface area contributed by atoms with Gasteiger partial charge in [0, 0.05) is 6.54 Å². The number of rotatable bonds is 6.